The molecule has 0 saturated carbocycles. The molecule has 12 rings (SSSR count). The van der Waals surface area contributed by atoms with E-state index in [1.165, 1.54) is 26.5 Å². The molecule has 1 N–H and O–H groups in total. The summed E-state index contributed by atoms with van der Waals surface area (Å²) < 4.78 is 138. The summed E-state index contributed by atoms with van der Waals surface area (Å²) in [6.07, 6.45) is -3.61. The molecule has 12 aromatic rings. The van der Waals surface area contributed by atoms with Crippen LogP contribution in [0.2, 0.25) is 0 Å². The Labute approximate surface area is 511 Å². The first kappa shape index (κ1) is 65.8. The molecule has 0 aliphatic carbocycles. The van der Waals surface area contributed by atoms with Gasteiger partial charge < -0.3 is 13.3 Å². The highest BCUT2D eigenvalue weighted by atomic mass is 35.5. The van der Waals surface area contributed by atoms with Crippen LogP contribution in [0.1, 0.15) is 55.8 Å². The Hall–Kier alpha value is -9.61. The fraction of sp³-hybridized carbons (Fsp3) is 0.350. The molecule has 0 saturated heterocycles. The minimum absolute atomic E-state index is 0.0583. The van der Waals surface area contributed by atoms with Crippen LogP contribution in [-0.2, 0) is 73.1 Å². The zero-order valence-corrected chi connectivity index (χ0v) is 49.6. The zero-order chi connectivity index (χ0) is 65.5. The van der Waals surface area contributed by atoms with Crippen molar-refractivity contribution in [3.05, 3.63) is 189 Å². The number of halogens is 10. The third-order valence-corrected chi connectivity index (χ3v) is 14.8. The second-order valence-electron chi connectivity index (χ2n) is 21.2. The summed E-state index contributed by atoms with van der Waals surface area (Å²) in [5.41, 5.74) is -2.23. The van der Waals surface area contributed by atoms with E-state index < -0.39 is 71.9 Å². The van der Waals surface area contributed by atoms with Crippen molar-refractivity contribution in [1.29, 1.82) is 0 Å². The van der Waals surface area contributed by atoms with Gasteiger partial charge in [0.05, 0.1) is 35.1 Å². The van der Waals surface area contributed by atoms with E-state index in [1.54, 1.807) is 0 Å². The molecule has 0 radical (unpaired) electrons. The maximum atomic E-state index is 12.8. The lowest BCUT2D eigenvalue weighted by atomic mass is 10.2. The minimum atomic E-state index is -4.53. The van der Waals surface area contributed by atoms with Gasteiger partial charge in [0.2, 0.25) is 0 Å². The number of furan rings is 3. The summed E-state index contributed by atoms with van der Waals surface area (Å²) in [5.74, 6) is 3.40. The highest BCUT2D eigenvalue weighted by molar-refractivity contribution is 6.17. The molecule has 9 heterocycles. The average Bonchev–Trinajstić information content (AvgIpc) is 1.72. The largest absolute Gasteiger partial charge is 0.461 e. The van der Waals surface area contributed by atoms with Crippen molar-refractivity contribution >= 4 is 77.6 Å². The quantitative estimate of drug-likeness (QED) is 0.0509. The molecule has 0 spiro atoms. The number of nitrogens with zero attached hydrogens (tertiary/aromatic N) is 11. The van der Waals surface area contributed by atoms with E-state index in [2.05, 4.69) is 27.4 Å². The summed E-state index contributed by atoms with van der Waals surface area (Å²) in [7, 11) is 4.16. The predicted octanol–water partition coefficient (Wildman–Crippen LogP) is 10.4. The number of unbranched alkanes of at least 4 members (excludes halogenated alkanes) is 3. The van der Waals surface area contributed by atoms with Crippen molar-refractivity contribution < 1.29 is 52.8 Å². The molecule has 0 atom stereocenters. The van der Waals surface area contributed by atoms with E-state index >= 15 is 0 Å². The molecule has 9 aromatic heterocycles. The normalized spacial score (nSPS) is 12.1. The Morgan fingerprint density at radius 1 is 0.451 bits per heavy atom. The average molecular weight is 1300 g/mol. The molecule has 0 fully saturated rings. The molecule has 0 aliphatic heterocycles. The molecule has 3 aromatic carbocycles. The first-order valence-corrected chi connectivity index (χ1v) is 28.9. The number of aromatic nitrogens is 12. The number of fused-ring (bicyclic) bond motifs is 6. The van der Waals surface area contributed by atoms with Gasteiger partial charge in [-0.2, -0.15) is 54.8 Å². The topological polar surface area (TPSA) is 236 Å². The Morgan fingerprint density at radius 2 is 0.780 bits per heavy atom. The van der Waals surface area contributed by atoms with Crippen LogP contribution < -0.4 is 33.7 Å². The van der Waals surface area contributed by atoms with Crippen LogP contribution in [0.3, 0.4) is 0 Å². The highest BCUT2D eigenvalue weighted by Crippen LogP contribution is 2.25. The number of nitrogens with one attached hydrogen (secondary N) is 1. The number of aryl methyl sites for hydroxylation is 6. The molecule has 0 aliphatic rings. The van der Waals surface area contributed by atoms with Crippen molar-refractivity contribution in [1.82, 2.24) is 57.2 Å². The van der Waals surface area contributed by atoms with Gasteiger partial charge in [-0.05, 0) is 74.9 Å². The Bertz CT molecular complexity index is 4610. The van der Waals surface area contributed by atoms with Gasteiger partial charge in [0.1, 0.15) is 53.7 Å². The van der Waals surface area contributed by atoms with Gasteiger partial charge in [0.15, 0.2) is 16.6 Å². The van der Waals surface area contributed by atoms with Gasteiger partial charge in [0.25, 0.3) is 16.7 Å². The molecule has 0 amide bonds. The van der Waals surface area contributed by atoms with Crippen molar-refractivity contribution in [3.8, 4) is 0 Å². The van der Waals surface area contributed by atoms with Gasteiger partial charge in [-0.25, -0.2) is 28.4 Å². The molecular weight excluding hydrogens is 1240 g/mol. The fourth-order valence-corrected chi connectivity index (χ4v) is 10.3. The summed E-state index contributed by atoms with van der Waals surface area (Å²) in [4.78, 5) is 75.1. The molecule has 91 heavy (non-hydrogen) atoms. The second kappa shape index (κ2) is 27.6. The van der Waals surface area contributed by atoms with E-state index in [0.29, 0.717) is 52.6 Å². The van der Waals surface area contributed by atoms with Crippen LogP contribution in [0.25, 0.3) is 66.0 Å². The minimum Gasteiger partial charge on any atom is -0.461 e. The van der Waals surface area contributed by atoms with Crippen molar-refractivity contribution in [2.24, 2.45) is 21.1 Å². The van der Waals surface area contributed by atoms with E-state index in [4.69, 9.17) is 24.9 Å². The number of rotatable bonds is 17. The van der Waals surface area contributed by atoms with Crippen LogP contribution >= 0.6 is 11.6 Å². The number of hydrogen-bond donors (Lipinski definition) is 1. The van der Waals surface area contributed by atoms with Crippen molar-refractivity contribution in [3.63, 3.8) is 0 Å². The van der Waals surface area contributed by atoms with E-state index in [0.717, 1.165) is 111 Å². The summed E-state index contributed by atoms with van der Waals surface area (Å²) in [5, 5.41) is 14.0. The Balaban J connectivity index is 0.000000150. The maximum absolute atomic E-state index is 12.8. The molecule has 0 bridgehead atoms. The van der Waals surface area contributed by atoms with Gasteiger partial charge >= 0.3 is 35.6 Å². The lowest BCUT2D eigenvalue weighted by Gasteiger charge is -2.11. The molecule has 482 valence electrons. The number of hydrogen-bond acceptors (Lipinski definition) is 12. The monoisotopic (exact) mass is 1300 g/mol. The van der Waals surface area contributed by atoms with Crippen LogP contribution in [0.4, 0.5) is 39.5 Å². The van der Waals surface area contributed by atoms with Gasteiger partial charge in [-0.3, -0.25) is 42.2 Å². The van der Waals surface area contributed by atoms with Crippen LogP contribution in [0.15, 0.2) is 152 Å². The van der Waals surface area contributed by atoms with Crippen molar-refractivity contribution in [2.45, 2.75) is 109 Å². The number of alkyl halides is 10. The number of benzene rings is 3. The molecule has 21 nitrogen and oxygen atoms in total. The number of aromatic amines is 1. The second-order valence-corrected chi connectivity index (χ2v) is 21.6. The fourth-order valence-electron chi connectivity index (χ4n) is 10.2. The van der Waals surface area contributed by atoms with Gasteiger partial charge in [-0.15, -0.1) is 11.6 Å². The van der Waals surface area contributed by atoms with Crippen molar-refractivity contribution in [2.75, 3.05) is 5.88 Å². The van der Waals surface area contributed by atoms with Crippen LogP contribution in [0.5, 0.6) is 0 Å². The van der Waals surface area contributed by atoms with E-state index in [9.17, 15) is 68.3 Å². The first-order valence-electron chi connectivity index (χ1n) is 28.3. The number of para-hydroxylation sites is 3. The van der Waals surface area contributed by atoms with E-state index in [-0.39, 0.29) is 46.2 Å². The molecular formula is C60H58ClF9N12O9. The highest BCUT2D eigenvalue weighted by Gasteiger charge is 2.33. The van der Waals surface area contributed by atoms with E-state index in [1.807, 2.05) is 83.8 Å². The first-order chi connectivity index (χ1) is 43.2. The lowest BCUT2D eigenvalue weighted by molar-refractivity contribution is -0.142. The van der Waals surface area contributed by atoms with Crippen LogP contribution in [0, 0.1) is 0 Å². The third kappa shape index (κ3) is 15.9. The standard InChI is InChI=1S/2C20H19F3N4O3.C12H13ClO.C8H7F3N4O2/c2*1-25-15-11-24-27(12-20(21,22)23)17(15)18(28)26(19(25)29)9-5-4-7-14-10-13-6-2-3-8-16(13)30-14;13-8-4-3-6-11-9-10-5-1-2-7-12(10)14-11;1-14-4-2-12-15(3-8(9,10)11)5(4)6(16)13-7(14)17/h2*2-3,6,8,10-11H,4-5,7,9,12H2,1H3;1-2,5,7,9H,3-4,6,8H2;2H,3H2,1H3,(H,13,16,17). The Morgan fingerprint density at radius 3 is 1.12 bits per heavy atom. The summed E-state index contributed by atoms with van der Waals surface area (Å²) in [6, 6.07) is 29.4. The number of H-pyrrole nitrogens is 1. The van der Waals surface area contributed by atoms with Gasteiger partial charge in [-0.1, -0.05) is 54.6 Å². The van der Waals surface area contributed by atoms with Crippen LogP contribution in [-0.4, -0.2) is 81.6 Å². The Kier molecular flexibility index (Phi) is 20.0. The molecule has 31 heteroatoms. The summed E-state index contributed by atoms with van der Waals surface area (Å²) >= 11 is 5.62. The van der Waals surface area contributed by atoms with Gasteiger partial charge in [0, 0.05) is 75.5 Å². The smallest absolute Gasteiger partial charge is 0.408 e. The molecule has 0 unspecified atom stereocenters. The predicted molar refractivity (Wildman–Crippen MR) is 320 cm³/mol. The maximum Gasteiger partial charge on any atom is 0.408 e. The SMILES string of the molecule is ClCCCCc1cc2ccccc2o1.Cn1c(=O)[nH]c(=O)c2c1cnn2CC(F)(F)F.Cn1c(=O)n(CCCCc2cc3ccccc3o2)c(=O)c2c1cnn2CC(F)(F)F.Cn1c(=O)n(CCCCc2cc3ccccc3o2)c(=O)c2c1cnn2CC(F)(F)F. The third-order valence-electron chi connectivity index (χ3n) is 14.5. The lowest BCUT2D eigenvalue weighted by Crippen LogP contribution is -2.40. The zero-order valence-electron chi connectivity index (χ0n) is 48.9. The summed E-state index contributed by atoms with van der Waals surface area (Å²) in [6.45, 7) is -3.97.